The van der Waals surface area contributed by atoms with E-state index in [1.54, 1.807) is 5.32 Å². The van der Waals surface area contributed by atoms with Gasteiger partial charge < -0.3 is 16.0 Å². The van der Waals surface area contributed by atoms with E-state index in [2.05, 4.69) is 25.8 Å². The normalized spacial score (nSPS) is 20.1. The molecular weight excluding hydrogens is 441 g/mol. The van der Waals surface area contributed by atoms with Crippen molar-refractivity contribution in [3.05, 3.63) is 30.1 Å². The molecule has 1 fully saturated rings. The molecule has 1 aliphatic carbocycles. The molecule has 166 valence electrons. The van der Waals surface area contributed by atoms with Gasteiger partial charge in [-0.3, -0.25) is 9.59 Å². The van der Waals surface area contributed by atoms with Gasteiger partial charge in [-0.25, -0.2) is 13.4 Å². The smallest absolute Gasteiger partial charge is 0.354 e. The van der Waals surface area contributed by atoms with Gasteiger partial charge in [0.1, 0.15) is 10.7 Å². The van der Waals surface area contributed by atoms with Crippen LogP contribution < -0.4 is 16.0 Å². The Bertz CT molecular complexity index is 1240. The molecule has 3 rings (SSSR count). The summed E-state index contributed by atoms with van der Waals surface area (Å²) in [4.78, 5) is 28.2. The number of carbonyl (C=O) groups excluding carboxylic acids is 2. The van der Waals surface area contributed by atoms with E-state index in [-0.39, 0.29) is 22.2 Å². The Labute approximate surface area is 178 Å². The molecule has 3 N–H and O–H groups in total. The number of sulfone groups is 1. The highest BCUT2D eigenvalue weighted by Crippen LogP contribution is 2.50. The Morgan fingerprint density at radius 3 is 2.65 bits per heavy atom. The number of nitrogens with one attached hydrogen (secondary N) is 3. The van der Waals surface area contributed by atoms with Gasteiger partial charge in [0.15, 0.2) is 21.3 Å². The third-order valence-electron chi connectivity index (χ3n) is 4.34. The fraction of sp³-hybridized carbons (Fsp3) is 0.353. The molecule has 1 aliphatic rings. The van der Waals surface area contributed by atoms with Crippen LogP contribution in [0.3, 0.4) is 0 Å². The van der Waals surface area contributed by atoms with Crippen LogP contribution in [0.15, 0.2) is 29.3 Å². The summed E-state index contributed by atoms with van der Waals surface area (Å²) in [6.07, 6.45) is -2.78. The summed E-state index contributed by atoms with van der Waals surface area (Å²) >= 11 is 0. The summed E-state index contributed by atoms with van der Waals surface area (Å²) in [6.45, 7) is -2.90. The van der Waals surface area contributed by atoms with E-state index in [1.165, 1.54) is 18.3 Å². The Balaban J connectivity index is 1.95. The van der Waals surface area contributed by atoms with Crippen molar-refractivity contribution in [1.82, 2.24) is 20.5 Å². The van der Waals surface area contributed by atoms with Gasteiger partial charge in [0, 0.05) is 29.6 Å². The quantitative estimate of drug-likeness (QED) is 0.588. The molecule has 1 saturated carbocycles. The largest absolute Gasteiger partial charge is 0.392 e. The summed E-state index contributed by atoms with van der Waals surface area (Å²) in [7, 11) is -3.80. The van der Waals surface area contributed by atoms with Gasteiger partial charge in [-0.05, 0) is 18.6 Å². The molecule has 14 heteroatoms. The van der Waals surface area contributed by atoms with Gasteiger partial charge in [-0.15, -0.1) is 10.2 Å². The molecule has 0 saturated heterocycles. The van der Waals surface area contributed by atoms with Crippen LogP contribution in [0.4, 0.5) is 30.5 Å². The first kappa shape index (κ1) is 18.5. The number of anilines is 3. The molecule has 0 radical (unpaired) electrons. The van der Waals surface area contributed by atoms with Gasteiger partial charge >= 0.3 is 6.18 Å². The number of nitrogens with zero attached hydrogens (tertiary/aromatic N) is 3. The molecular formula is C17H17F3N6O4S. The minimum Gasteiger partial charge on any atom is -0.354 e. The molecule has 0 aromatic carbocycles. The average Bonchev–Trinajstić information content (AvgIpc) is 3.48. The lowest BCUT2D eigenvalue weighted by molar-refractivity contribution is -0.153. The van der Waals surface area contributed by atoms with Crippen molar-refractivity contribution in [2.24, 2.45) is 11.8 Å². The zero-order valence-corrected chi connectivity index (χ0v) is 16.5. The number of pyridine rings is 1. The van der Waals surface area contributed by atoms with Crippen molar-refractivity contribution in [3.63, 3.8) is 0 Å². The first-order chi connectivity index (χ1) is 15.6. The van der Waals surface area contributed by atoms with E-state index in [1.807, 2.05) is 0 Å². The van der Waals surface area contributed by atoms with Gasteiger partial charge in [0.2, 0.25) is 5.91 Å². The molecule has 0 unspecified atom stereocenters. The van der Waals surface area contributed by atoms with Crippen molar-refractivity contribution in [3.8, 4) is 0 Å². The highest BCUT2D eigenvalue weighted by molar-refractivity contribution is 7.90. The van der Waals surface area contributed by atoms with Gasteiger partial charge in [0.25, 0.3) is 5.91 Å². The molecule has 2 heterocycles. The molecule has 2 aromatic heterocycles. The van der Waals surface area contributed by atoms with Gasteiger partial charge in [-0.1, -0.05) is 0 Å². The number of rotatable bonds is 6. The first-order valence-electron chi connectivity index (χ1n) is 10.1. The fourth-order valence-corrected chi connectivity index (χ4v) is 3.53. The number of aromatic nitrogens is 3. The van der Waals surface area contributed by atoms with Crippen LogP contribution in [0.1, 0.15) is 21.0 Å². The van der Waals surface area contributed by atoms with Crippen LogP contribution in [0.5, 0.6) is 0 Å². The Kier molecular flexibility index (Phi) is 4.82. The zero-order chi connectivity index (χ0) is 25.5. The second-order valence-corrected chi connectivity index (χ2v) is 8.66. The number of alkyl halides is 3. The van der Waals surface area contributed by atoms with Crippen molar-refractivity contribution >= 4 is 39.0 Å². The van der Waals surface area contributed by atoms with Gasteiger partial charge in [-0.2, -0.15) is 13.2 Å². The van der Waals surface area contributed by atoms with E-state index in [4.69, 9.17) is 4.11 Å². The maximum absolute atomic E-state index is 12.7. The molecule has 0 spiro atoms. The van der Waals surface area contributed by atoms with Crippen LogP contribution in [0, 0.1) is 11.8 Å². The van der Waals surface area contributed by atoms with Crippen LogP contribution in [0.2, 0.25) is 0 Å². The van der Waals surface area contributed by atoms with Gasteiger partial charge in [0.05, 0.1) is 17.5 Å². The predicted octanol–water partition coefficient (Wildman–Crippen LogP) is 1.52. The fourth-order valence-electron chi connectivity index (χ4n) is 2.75. The minimum absolute atomic E-state index is 0.252. The average molecular weight is 461 g/mol. The summed E-state index contributed by atoms with van der Waals surface area (Å²) in [6, 6.07) is 3.55. The standard InChI is InChI=1S/C17H17F3N6O4S/c1-21-16(28)13-10(23-14-11(31(2,29)30)4-3-5-22-14)7-12(25-26-13)24-15(27)8-6-9(8)17(18,19)20/h3-5,7-9H,6H2,1-2H3,(H,21,28)(H2,22,23,24,25,27)/t8-,9-/m0/s1/i1D3. The monoisotopic (exact) mass is 461 g/mol. The van der Waals surface area contributed by atoms with Crippen molar-refractivity contribution in [2.75, 3.05) is 23.9 Å². The lowest BCUT2D eigenvalue weighted by Crippen LogP contribution is -2.23. The number of amides is 2. The second kappa shape index (κ2) is 8.09. The number of halogens is 3. The third kappa shape index (κ3) is 5.07. The highest BCUT2D eigenvalue weighted by Gasteiger charge is 2.58. The van der Waals surface area contributed by atoms with E-state index < -0.39 is 58.8 Å². The van der Waals surface area contributed by atoms with E-state index in [9.17, 15) is 31.2 Å². The maximum atomic E-state index is 12.7. The van der Waals surface area contributed by atoms with Crippen LogP contribution in [0.25, 0.3) is 0 Å². The molecule has 0 bridgehead atoms. The Morgan fingerprint density at radius 2 is 2.03 bits per heavy atom. The summed E-state index contributed by atoms with van der Waals surface area (Å²) in [5.41, 5.74) is -0.905. The summed E-state index contributed by atoms with van der Waals surface area (Å²) < 4.78 is 83.8. The highest BCUT2D eigenvalue weighted by atomic mass is 32.2. The summed E-state index contributed by atoms with van der Waals surface area (Å²) in [5, 5.41) is 13.5. The topological polar surface area (TPSA) is 143 Å². The lowest BCUT2D eigenvalue weighted by atomic mass is 10.2. The number of hydrogen-bond donors (Lipinski definition) is 3. The zero-order valence-electron chi connectivity index (χ0n) is 18.7. The van der Waals surface area contributed by atoms with E-state index >= 15 is 0 Å². The Morgan fingerprint density at radius 1 is 1.29 bits per heavy atom. The third-order valence-corrected chi connectivity index (χ3v) is 5.47. The predicted molar refractivity (Wildman–Crippen MR) is 102 cm³/mol. The minimum atomic E-state index is -4.53. The van der Waals surface area contributed by atoms with E-state index in [0.29, 0.717) is 0 Å². The molecule has 0 aliphatic heterocycles. The molecule has 31 heavy (non-hydrogen) atoms. The molecule has 10 nitrogen and oxygen atoms in total. The van der Waals surface area contributed by atoms with Crippen molar-refractivity contribution in [2.45, 2.75) is 17.5 Å². The van der Waals surface area contributed by atoms with Crippen LogP contribution in [-0.2, 0) is 14.6 Å². The maximum Gasteiger partial charge on any atom is 0.392 e. The molecule has 2 amide bonds. The molecule has 2 atom stereocenters. The second-order valence-electron chi connectivity index (χ2n) is 6.67. The number of carbonyl (C=O) groups is 2. The Hall–Kier alpha value is -3.29. The van der Waals surface area contributed by atoms with Crippen LogP contribution >= 0.6 is 0 Å². The SMILES string of the molecule is [2H]C([2H])([2H])NC(=O)c1nnc(NC(=O)[C@H]2C[C@@H]2C(F)(F)F)cc1Nc1ncccc1S(C)(=O)=O. The number of hydrogen-bond acceptors (Lipinski definition) is 8. The summed E-state index contributed by atoms with van der Waals surface area (Å²) in [5.74, 6) is -5.90. The van der Waals surface area contributed by atoms with Crippen LogP contribution in [-0.4, -0.2) is 54.8 Å². The van der Waals surface area contributed by atoms with Crippen molar-refractivity contribution in [1.29, 1.82) is 0 Å². The first-order valence-corrected chi connectivity index (χ1v) is 10.5. The molecule has 2 aromatic rings. The lowest BCUT2D eigenvalue weighted by Gasteiger charge is -2.13. The van der Waals surface area contributed by atoms with E-state index in [0.717, 1.165) is 12.3 Å². The van der Waals surface area contributed by atoms with Crippen molar-refractivity contribution < 1.29 is 35.3 Å².